The van der Waals surface area contributed by atoms with Crippen LogP contribution in [0, 0.1) is 12.8 Å². The van der Waals surface area contributed by atoms with Crippen LogP contribution in [0.1, 0.15) is 68.9 Å². The molecule has 1 aliphatic heterocycles. The van der Waals surface area contributed by atoms with Gasteiger partial charge in [0.05, 0.1) is 19.8 Å². The molecule has 6 nitrogen and oxygen atoms in total. The van der Waals surface area contributed by atoms with Crippen LogP contribution in [0.15, 0.2) is 29.1 Å². The number of aromatic nitrogens is 1. The highest BCUT2D eigenvalue weighted by atomic mass is 16.5. The third-order valence-corrected chi connectivity index (χ3v) is 8.41. The highest BCUT2D eigenvalue weighted by molar-refractivity contribution is 5.81. The molecule has 2 aliphatic carbocycles. The number of hydrogen-bond acceptors (Lipinski definition) is 4. The average Bonchev–Trinajstić information content (AvgIpc) is 3.35. The molecule has 5 rings (SSSR count). The number of benzene rings is 1. The summed E-state index contributed by atoms with van der Waals surface area (Å²) in [6.45, 7) is 6.57. The average molecular weight is 466 g/mol. The molecule has 1 saturated heterocycles. The highest BCUT2D eigenvalue weighted by Crippen LogP contribution is 2.38. The standard InChI is InChI=1S/C28H39N3O3/c1-21-9-10-25-23(17-21)18-24(26(32)29-25)19-30(27(33)22-7-3-2-4-8-22)20-28(11-5-6-12-28)31-13-15-34-16-14-31/h9-10,17-18,22H,2-8,11-16,19-20H2,1H3,(H,29,32). The first-order chi connectivity index (χ1) is 16.5. The predicted molar refractivity (Wildman–Crippen MR) is 135 cm³/mol. The van der Waals surface area contributed by atoms with Crippen LogP contribution in [0.25, 0.3) is 10.9 Å². The zero-order valence-electron chi connectivity index (χ0n) is 20.6. The number of nitrogens with zero attached hydrogens (tertiary/aromatic N) is 2. The lowest BCUT2D eigenvalue weighted by molar-refractivity contribution is -0.140. The van der Waals surface area contributed by atoms with E-state index in [9.17, 15) is 9.59 Å². The van der Waals surface area contributed by atoms with Crippen LogP contribution in [-0.2, 0) is 16.1 Å². The van der Waals surface area contributed by atoms with Crippen molar-refractivity contribution < 1.29 is 9.53 Å². The Kier molecular flexibility index (Phi) is 7.07. The van der Waals surface area contributed by atoms with Crippen molar-refractivity contribution in [2.24, 2.45) is 5.92 Å². The van der Waals surface area contributed by atoms with Crippen molar-refractivity contribution in [2.75, 3.05) is 32.8 Å². The first kappa shape index (κ1) is 23.6. The SMILES string of the molecule is Cc1ccc2[nH]c(=O)c(CN(CC3(N4CCOCC4)CCCC3)C(=O)C3CCCCC3)cc2c1. The number of carbonyl (C=O) groups excluding carboxylic acids is 1. The Balaban J connectivity index is 1.47. The van der Waals surface area contributed by atoms with E-state index in [-0.39, 0.29) is 22.9 Å². The molecule has 1 N–H and O–H groups in total. The van der Waals surface area contributed by atoms with Gasteiger partial charge in [-0.25, -0.2) is 0 Å². The summed E-state index contributed by atoms with van der Waals surface area (Å²) in [4.78, 5) is 34.7. The molecule has 1 aromatic carbocycles. The van der Waals surface area contributed by atoms with Gasteiger partial charge in [0.15, 0.2) is 0 Å². The van der Waals surface area contributed by atoms with Gasteiger partial charge >= 0.3 is 0 Å². The lowest BCUT2D eigenvalue weighted by Crippen LogP contribution is -2.58. The summed E-state index contributed by atoms with van der Waals surface area (Å²) < 4.78 is 5.65. The van der Waals surface area contributed by atoms with Crippen molar-refractivity contribution in [3.63, 3.8) is 0 Å². The molecule has 1 aromatic heterocycles. The van der Waals surface area contributed by atoms with Gasteiger partial charge in [-0.3, -0.25) is 14.5 Å². The van der Waals surface area contributed by atoms with E-state index in [1.54, 1.807) is 0 Å². The molecule has 3 aliphatic rings. The number of ether oxygens (including phenoxy) is 1. The molecule has 34 heavy (non-hydrogen) atoms. The second-order valence-corrected chi connectivity index (χ2v) is 10.8. The van der Waals surface area contributed by atoms with E-state index in [1.807, 2.05) is 18.2 Å². The number of aryl methyl sites for hydroxylation is 1. The van der Waals surface area contributed by atoms with Gasteiger partial charge in [-0.2, -0.15) is 0 Å². The summed E-state index contributed by atoms with van der Waals surface area (Å²) in [5.41, 5.74) is 2.64. The Morgan fingerprint density at radius 2 is 1.82 bits per heavy atom. The molecule has 184 valence electrons. The quantitative estimate of drug-likeness (QED) is 0.687. The highest BCUT2D eigenvalue weighted by Gasteiger charge is 2.43. The third kappa shape index (κ3) is 4.94. The van der Waals surface area contributed by atoms with Crippen LogP contribution in [-0.4, -0.2) is 59.1 Å². The zero-order chi connectivity index (χ0) is 23.5. The molecule has 2 heterocycles. The van der Waals surface area contributed by atoms with E-state index in [0.717, 1.165) is 81.3 Å². The number of rotatable bonds is 6. The second-order valence-electron chi connectivity index (χ2n) is 10.8. The maximum atomic E-state index is 13.9. The molecule has 1 amide bonds. The fourth-order valence-corrected chi connectivity index (χ4v) is 6.51. The Hall–Kier alpha value is -2.18. The van der Waals surface area contributed by atoms with E-state index in [4.69, 9.17) is 4.74 Å². The van der Waals surface area contributed by atoms with Gasteiger partial charge in [0.1, 0.15) is 0 Å². The third-order valence-electron chi connectivity index (χ3n) is 8.41. The largest absolute Gasteiger partial charge is 0.379 e. The van der Waals surface area contributed by atoms with Gasteiger partial charge in [0, 0.05) is 42.2 Å². The van der Waals surface area contributed by atoms with Gasteiger partial charge in [-0.1, -0.05) is 43.7 Å². The molecule has 2 aromatic rings. The number of pyridine rings is 1. The molecule has 0 bridgehead atoms. The van der Waals surface area contributed by atoms with Gasteiger partial charge in [0.2, 0.25) is 5.91 Å². The topological polar surface area (TPSA) is 65.6 Å². The summed E-state index contributed by atoms with van der Waals surface area (Å²) >= 11 is 0. The van der Waals surface area contributed by atoms with Crippen LogP contribution in [0.4, 0.5) is 0 Å². The van der Waals surface area contributed by atoms with Crippen LogP contribution in [0.5, 0.6) is 0 Å². The first-order valence-electron chi connectivity index (χ1n) is 13.3. The fraction of sp³-hybridized carbons (Fsp3) is 0.643. The molecular formula is C28H39N3O3. The van der Waals surface area contributed by atoms with Crippen molar-refractivity contribution in [1.29, 1.82) is 0 Å². The fourth-order valence-electron chi connectivity index (χ4n) is 6.51. The van der Waals surface area contributed by atoms with Gasteiger partial charge in [-0.15, -0.1) is 0 Å². The lowest BCUT2D eigenvalue weighted by Gasteiger charge is -2.46. The maximum absolute atomic E-state index is 13.9. The van der Waals surface area contributed by atoms with E-state index in [2.05, 4.69) is 27.8 Å². The minimum atomic E-state index is -0.0790. The van der Waals surface area contributed by atoms with Crippen molar-refractivity contribution >= 4 is 16.8 Å². The van der Waals surface area contributed by atoms with Gasteiger partial charge < -0.3 is 14.6 Å². The lowest BCUT2D eigenvalue weighted by atomic mass is 9.87. The molecule has 0 spiro atoms. The van der Waals surface area contributed by atoms with Crippen molar-refractivity contribution in [3.05, 3.63) is 45.7 Å². The van der Waals surface area contributed by atoms with Crippen LogP contribution < -0.4 is 5.56 Å². The number of aromatic amines is 1. The molecule has 6 heteroatoms. The number of amides is 1. The first-order valence-corrected chi connectivity index (χ1v) is 13.3. The van der Waals surface area contributed by atoms with E-state index >= 15 is 0 Å². The number of morpholine rings is 1. The number of fused-ring (bicyclic) bond motifs is 1. The minimum Gasteiger partial charge on any atom is -0.379 e. The second kappa shape index (κ2) is 10.2. The normalized spacial score (nSPS) is 21.7. The molecule has 0 radical (unpaired) electrons. The molecule has 0 unspecified atom stereocenters. The van der Waals surface area contributed by atoms with Crippen molar-refractivity contribution in [1.82, 2.24) is 14.8 Å². The summed E-state index contributed by atoms with van der Waals surface area (Å²) in [7, 11) is 0. The van der Waals surface area contributed by atoms with Gasteiger partial charge in [0.25, 0.3) is 5.56 Å². The number of H-pyrrole nitrogens is 1. The predicted octanol–water partition coefficient (Wildman–Crippen LogP) is 4.39. The monoisotopic (exact) mass is 465 g/mol. The minimum absolute atomic E-state index is 0.00824. The summed E-state index contributed by atoms with van der Waals surface area (Å²) in [5.74, 6) is 0.349. The van der Waals surface area contributed by atoms with Crippen molar-refractivity contribution in [2.45, 2.75) is 76.8 Å². The number of carbonyl (C=O) groups is 1. The summed E-state index contributed by atoms with van der Waals surface area (Å²) in [5, 5.41) is 1.03. The molecule has 2 saturated carbocycles. The smallest absolute Gasteiger partial charge is 0.253 e. The van der Waals surface area contributed by atoms with Crippen LogP contribution in [0.3, 0.4) is 0 Å². The van der Waals surface area contributed by atoms with E-state index in [0.29, 0.717) is 18.7 Å². The van der Waals surface area contributed by atoms with Crippen LogP contribution in [0.2, 0.25) is 0 Å². The Morgan fingerprint density at radius 1 is 1.09 bits per heavy atom. The van der Waals surface area contributed by atoms with Crippen molar-refractivity contribution in [3.8, 4) is 0 Å². The molecule has 3 fully saturated rings. The van der Waals surface area contributed by atoms with Gasteiger partial charge in [-0.05, 0) is 56.2 Å². The molecular weight excluding hydrogens is 426 g/mol. The Bertz CT molecular complexity index is 1060. The number of nitrogens with one attached hydrogen (secondary N) is 1. The number of hydrogen-bond donors (Lipinski definition) is 1. The summed E-state index contributed by atoms with van der Waals surface area (Å²) in [6, 6.07) is 8.09. The van der Waals surface area contributed by atoms with E-state index in [1.165, 1.54) is 19.3 Å². The van der Waals surface area contributed by atoms with E-state index < -0.39 is 0 Å². The maximum Gasteiger partial charge on any atom is 0.253 e. The summed E-state index contributed by atoms with van der Waals surface area (Å²) in [6.07, 6.45) is 10.1. The Labute approximate surface area is 202 Å². The van der Waals surface area contributed by atoms with Crippen LogP contribution >= 0.6 is 0 Å². The zero-order valence-corrected chi connectivity index (χ0v) is 20.6. The Morgan fingerprint density at radius 3 is 2.56 bits per heavy atom. The molecule has 0 atom stereocenters.